The summed E-state index contributed by atoms with van der Waals surface area (Å²) in [4.78, 5) is 48.4. The average molecular weight is 521 g/mol. The fourth-order valence-electron chi connectivity index (χ4n) is 4.54. The predicted octanol–water partition coefficient (Wildman–Crippen LogP) is 5.38. The van der Waals surface area contributed by atoms with Gasteiger partial charge in [-0.25, -0.2) is 19.6 Å². The third-order valence-corrected chi connectivity index (χ3v) is 6.35. The van der Waals surface area contributed by atoms with Gasteiger partial charge in [-0.1, -0.05) is 48.2 Å². The molecular weight excluding hydrogens is 504 g/mol. The molecule has 0 aromatic heterocycles. The summed E-state index contributed by atoms with van der Waals surface area (Å²) < 4.78 is 10.9. The molecule has 40 heavy (non-hydrogen) atoms. The molecule has 0 unspecified atom stereocenters. The third-order valence-electron chi connectivity index (χ3n) is 6.35. The lowest BCUT2D eigenvalue weighted by Gasteiger charge is -2.09. The zero-order valence-electron chi connectivity index (χ0n) is 20.7. The summed E-state index contributed by atoms with van der Waals surface area (Å²) in [6.45, 7) is 0. The van der Waals surface area contributed by atoms with E-state index >= 15 is 0 Å². The van der Waals surface area contributed by atoms with Crippen LogP contribution in [0.3, 0.4) is 0 Å². The second-order valence-electron chi connectivity index (χ2n) is 8.79. The predicted molar refractivity (Wildman–Crippen MR) is 148 cm³/mol. The van der Waals surface area contributed by atoms with Gasteiger partial charge < -0.3 is 9.47 Å². The molecule has 0 bridgehead atoms. The van der Waals surface area contributed by atoms with Crippen molar-refractivity contribution in [3.05, 3.63) is 129 Å². The molecular formula is C33H16N2O5. The number of fused-ring (bicyclic) bond motifs is 2. The monoisotopic (exact) mass is 520 g/mol. The summed E-state index contributed by atoms with van der Waals surface area (Å²) in [5.74, 6) is 3.27. The van der Waals surface area contributed by atoms with E-state index in [0.29, 0.717) is 22.5 Å². The fourth-order valence-corrected chi connectivity index (χ4v) is 4.54. The van der Waals surface area contributed by atoms with Gasteiger partial charge in [-0.05, 0) is 48.5 Å². The molecule has 0 amide bonds. The number of aliphatic imine (C=N–C) groups is 2. The van der Waals surface area contributed by atoms with Crippen LogP contribution < -0.4 is 0 Å². The van der Waals surface area contributed by atoms with Crippen LogP contribution in [0.25, 0.3) is 0 Å². The van der Waals surface area contributed by atoms with E-state index in [1.54, 1.807) is 84.9 Å². The number of hydrogen-bond acceptors (Lipinski definition) is 7. The molecule has 4 aromatic carbocycles. The van der Waals surface area contributed by atoms with Crippen molar-refractivity contribution >= 4 is 40.9 Å². The minimum absolute atomic E-state index is 0.0296. The molecule has 0 saturated carbocycles. The van der Waals surface area contributed by atoms with Crippen LogP contribution in [0, 0.1) is 24.7 Å². The molecule has 2 aliphatic heterocycles. The Morgan fingerprint density at radius 2 is 1.05 bits per heavy atom. The van der Waals surface area contributed by atoms with Gasteiger partial charge >= 0.3 is 11.9 Å². The number of cyclic esters (lactones) is 2. The number of ketones is 1. The van der Waals surface area contributed by atoms with Crippen LogP contribution >= 0.6 is 0 Å². The number of rotatable bonds is 4. The second kappa shape index (κ2) is 9.68. The maximum Gasteiger partial charge on any atom is 0.345 e. The lowest BCUT2D eigenvalue weighted by molar-refractivity contribution is 0.0727. The maximum atomic E-state index is 14.1. The molecule has 0 spiro atoms. The van der Waals surface area contributed by atoms with Gasteiger partial charge in [0.2, 0.25) is 11.8 Å². The van der Waals surface area contributed by atoms with Crippen molar-refractivity contribution < 1.29 is 23.9 Å². The van der Waals surface area contributed by atoms with Gasteiger partial charge in [-0.2, -0.15) is 0 Å². The highest BCUT2D eigenvalue weighted by Gasteiger charge is 2.36. The van der Waals surface area contributed by atoms with E-state index < -0.39 is 17.7 Å². The number of carbonyl (C=O) groups is 3. The quantitative estimate of drug-likeness (QED) is 0.205. The summed E-state index contributed by atoms with van der Waals surface area (Å²) in [6.07, 6.45) is 11.0. The Labute approximate surface area is 228 Å². The number of benzene rings is 4. The van der Waals surface area contributed by atoms with E-state index in [1.165, 1.54) is 0 Å². The van der Waals surface area contributed by atoms with Gasteiger partial charge in [0.15, 0.2) is 5.78 Å². The number of carbonyl (C=O) groups excluding carboxylic acids is 3. The Hall–Kier alpha value is -6.05. The molecule has 6 rings (SSSR count). The van der Waals surface area contributed by atoms with Gasteiger partial charge in [0.25, 0.3) is 0 Å². The Balaban J connectivity index is 1.48. The zero-order valence-corrected chi connectivity index (χ0v) is 20.7. The molecule has 4 aromatic rings. The largest absolute Gasteiger partial charge is 0.403 e. The van der Waals surface area contributed by atoms with Gasteiger partial charge in [0.1, 0.15) is 0 Å². The van der Waals surface area contributed by atoms with E-state index in [4.69, 9.17) is 22.3 Å². The van der Waals surface area contributed by atoms with Gasteiger partial charge in [0.05, 0.1) is 33.6 Å². The van der Waals surface area contributed by atoms with Crippen molar-refractivity contribution in [3.8, 4) is 24.7 Å². The Kier molecular flexibility index (Phi) is 5.88. The minimum Gasteiger partial charge on any atom is -0.403 e. The molecule has 0 N–H and O–H groups in total. The Morgan fingerprint density at radius 1 is 0.625 bits per heavy atom. The summed E-state index contributed by atoms with van der Waals surface area (Å²) in [7, 11) is 0. The van der Waals surface area contributed by atoms with Crippen LogP contribution in [0.2, 0.25) is 0 Å². The van der Waals surface area contributed by atoms with Crippen molar-refractivity contribution in [2.45, 2.75) is 0 Å². The van der Waals surface area contributed by atoms with Crippen molar-refractivity contribution in [2.24, 2.45) is 9.98 Å². The highest BCUT2D eigenvalue weighted by atomic mass is 16.6. The van der Waals surface area contributed by atoms with E-state index in [-0.39, 0.29) is 45.2 Å². The molecule has 0 fully saturated rings. The third kappa shape index (κ3) is 4.14. The SMILES string of the molecule is C#Cc1cccc(N=C2OC(=O)c3cccc(C(=O)c4cccc5c4C(=Nc4cccc(C#C)c4)OC5=O)c32)c1. The summed E-state index contributed by atoms with van der Waals surface area (Å²) in [5, 5.41) is 0. The topological polar surface area (TPSA) is 94.4 Å². The van der Waals surface area contributed by atoms with Crippen molar-refractivity contribution in [3.63, 3.8) is 0 Å². The highest BCUT2D eigenvalue weighted by Crippen LogP contribution is 2.32. The van der Waals surface area contributed by atoms with E-state index in [0.717, 1.165) is 0 Å². The van der Waals surface area contributed by atoms with Crippen LogP contribution in [0.1, 0.15) is 58.9 Å². The number of nitrogens with zero attached hydrogens (tertiary/aromatic N) is 2. The van der Waals surface area contributed by atoms with Crippen molar-refractivity contribution in [1.82, 2.24) is 0 Å². The molecule has 2 heterocycles. The Bertz CT molecular complexity index is 1800. The van der Waals surface area contributed by atoms with Crippen LogP contribution in [-0.2, 0) is 9.47 Å². The first-order valence-electron chi connectivity index (χ1n) is 12.0. The lowest BCUT2D eigenvalue weighted by Crippen LogP contribution is -2.13. The van der Waals surface area contributed by atoms with Crippen molar-refractivity contribution in [1.29, 1.82) is 0 Å². The van der Waals surface area contributed by atoms with Crippen molar-refractivity contribution in [2.75, 3.05) is 0 Å². The first kappa shape index (κ1) is 24.3. The number of esters is 2. The maximum absolute atomic E-state index is 14.1. The molecule has 2 aliphatic rings. The van der Waals surface area contributed by atoms with Gasteiger partial charge in [-0.3, -0.25) is 4.79 Å². The second-order valence-corrected chi connectivity index (χ2v) is 8.79. The summed E-state index contributed by atoms with van der Waals surface area (Å²) in [6, 6.07) is 23.1. The molecule has 7 nitrogen and oxygen atoms in total. The van der Waals surface area contributed by atoms with Crippen LogP contribution in [0.4, 0.5) is 11.4 Å². The minimum atomic E-state index is -0.635. The van der Waals surface area contributed by atoms with E-state index in [9.17, 15) is 14.4 Å². The number of terminal acetylenes is 2. The Morgan fingerprint density at radius 3 is 1.48 bits per heavy atom. The molecule has 0 aliphatic carbocycles. The highest BCUT2D eigenvalue weighted by molar-refractivity contribution is 6.28. The summed E-state index contributed by atoms with van der Waals surface area (Å²) >= 11 is 0. The smallest absolute Gasteiger partial charge is 0.345 e. The molecule has 0 radical (unpaired) electrons. The summed E-state index contributed by atoms with van der Waals surface area (Å²) in [5.41, 5.74) is 3.30. The van der Waals surface area contributed by atoms with Crippen LogP contribution in [0.15, 0.2) is 94.9 Å². The first-order valence-corrected chi connectivity index (χ1v) is 12.0. The normalized spacial score (nSPS) is 15.2. The van der Waals surface area contributed by atoms with Crippen LogP contribution in [-0.4, -0.2) is 29.5 Å². The van der Waals surface area contributed by atoms with Gasteiger partial charge in [0, 0.05) is 22.3 Å². The van der Waals surface area contributed by atoms with E-state index in [1.807, 2.05) is 0 Å². The fraction of sp³-hybridized carbons (Fsp3) is 0. The molecule has 188 valence electrons. The van der Waals surface area contributed by atoms with E-state index in [2.05, 4.69) is 21.8 Å². The van der Waals surface area contributed by atoms with Gasteiger partial charge in [-0.15, -0.1) is 12.8 Å². The van der Waals surface area contributed by atoms with Crippen LogP contribution in [0.5, 0.6) is 0 Å². The number of ether oxygens (including phenoxy) is 2. The first-order chi connectivity index (χ1) is 19.5. The molecule has 7 heteroatoms. The zero-order chi connectivity index (χ0) is 27.8. The molecule has 0 saturated heterocycles. The standard InChI is InChI=1S/C33H16N2O5/c1-3-19-9-5-11-21(17-19)34-30-27-23(13-7-15-25(27)32(37)39-30)29(36)24-14-8-16-26-28(24)31(40-33(26)38)35-22-12-6-10-20(4-2)18-22/h1-2,5-18H. The molecule has 0 atom stereocenters. The average Bonchev–Trinajstić information content (AvgIpc) is 3.48. The lowest BCUT2D eigenvalue weighted by atomic mass is 9.91. The number of hydrogen-bond donors (Lipinski definition) is 0.